The van der Waals surface area contributed by atoms with E-state index < -0.39 is 10.0 Å². The fraction of sp³-hybridized carbons (Fsp3) is 0.294. The van der Waals surface area contributed by atoms with Crippen molar-refractivity contribution < 1.29 is 13.2 Å². The second-order valence-corrected chi connectivity index (χ2v) is 6.89. The quantitative estimate of drug-likeness (QED) is 0.853. The van der Waals surface area contributed by atoms with Crippen LogP contribution >= 0.6 is 0 Å². The predicted octanol–water partition coefficient (Wildman–Crippen LogP) is 3.01. The second kappa shape index (κ2) is 7.42. The maximum absolute atomic E-state index is 12.2. The van der Waals surface area contributed by atoms with Crippen LogP contribution in [0.1, 0.15) is 23.6 Å². The lowest BCUT2D eigenvalue weighted by Gasteiger charge is -2.10. The van der Waals surface area contributed by atoms with E-state index in [1.165, 1.54) is 0 Å². The van der Waals surface area contributed by atoms with Gasteiger partial charge in [-0.2, -0.15) is 0 Å². The minimum absolute atomic E-state index is 0.00910. The number of nitrogens with one attached hydrogen (secondary N) is 1. The van der Waals surface area contributed by atoms with Crippen molar-refractivity contribution in [2.24, 2.45) is 0 Å². The molecule has 0 saturated carbocycles. The summed E-state index contributed by atoms with van der Waals surface area (Å²) in [5, 5.41) is 0. The van der Waals surface area contributed by atoms with Crippen LogP contribution in [0.25, 0.3) is 0 Å². The van der Waals surface area contributed by atoms with Crippen molar-refractivity contribution in [3.8, 4) is 5.75 Å². The van der Waals surface area contributed by atoms with Crippen molar-refractivity contribution in [2.45, 2.75) is 26.1 Å². The van der Waals surface area contributed by atoms with Gasteiger partial charge in [-0.3, -0.25) is 0 Å². The van der Waals surface area contributed by atoms with Gasteiger partial charge in [0, 0.05) is 6.54 Å². The summed E-state index contributed by atoms with van der Waals surface area (Å²) in [7, 11) is -3.37. The fourth-order valence-electron chi connectivity index (χ4n) is 2.13. The topological polar surface area (TPSA) is 55.4 Å². The van der Waals surface area contributed by atoms with Gasteiger partial charge in [0.2, 0.25) is 10.0 Å². The summed E-state index contributed by atoms with van der Waals surface area (Å²) in [4.78, 5) is 0. The highest BCUT2D eigenvalue weighted by molar-refractivity contribution is 7.88. The Bertz CT molecular complexity index is 726. The third-order valence-electron chi connectivity index (χ3n) is 3.31. The van der Waals surface area contributed by atoms with Crippen LogP contribution in [0.15, 0.2) is 48.5 Å². The van der Waals surface area contributed by atoms with Gasteiger partial charge in [0.05, 0.1) is 12.4 Å². The van der Waals surface area contributed by atoms with Crippen molar-refractivity contribution in [2.75, 3.05) is 6.61 Å². The number of rotatable bonds is 7. The average Bonchev–Trinajstić information content (AvgIpc) is 2.48. The van der Waals surface area contributed by atoms with E-state index in [4.69, 9.17) is 4.74 Å². The molecule has 0 heterocycles. The molecule has 4 nitrogen and oxygen atoms in total. The Morgan fingerprint density at radius 3 is 2.59 bits per heavy atom. The average molecular weight is 319 g/mol. The second-order valence-electron chi connectivity index (χ2n) is 5.09. The van der Waals surface area contributed by atoms with Gasteiger partial charge in [-0.15, -0.1) is 0 Å². The van der Waals surface area contributed by atoms with Gasteiger partial charge in [0.25, 0.3) is 0 Å². The van der Waals surface area contributed by atoms with Crippen molar-refractivity contribution >= 4 is 10.0 Å². The smallest absolute Gasteiger partial charge is 0.216 e. The Kier molecular flexibility index (Phi) is 5.57. The van der Waals surface area contributed by atoms with Gasteiger partial charge in [0.1, 0.15) is 5.75 Å². The zero-order valence-corrected chi connectivity index (χ0v) is 13.7. The van der Waals surface area contributed by atoms with E-state index >= 15 is 0 Å². The third-order valence-corrected chi connectivity index (χ3v) is 4.59. The Labute approximate surface area is 132 Å². The maximum atomic E-state index is 12.2. The van der Waals surface area contributed by atoms with Gasteiger partial charge in [-0.25, -0.2) is 13.1 Å². The Balaban J connectivity index is 2.01. The molecule has 0 bridgehead atoms. The molecule has 5 heteroatoms. The number of benzene rings is 2. The number of sulfonamides is 1. The fourth-order valence-corrected chi connectivity index (χ4v) is 3.35. The van der Waals surface area contributed by atoms with E-state index in [9.17, 15) is 8.42 Å². The summed E-state index contributed by atoms with van der Waals surface area (Å²) < 4.78 is 32.4. The van der Waals surface area contributed by atoms with Gasteiger partial charge in [-0.05, 0) is 42.7 Å². The van der Waals surface area contributed by atoms with E-state index in [1.807, 2.05) is 62.4 Å². The minimum atomic E-state index is -3.37. The molecule has 0 aromatic heterocycles. The molecule has 0 aliphatic rings. The first kappa shape index (κ1) is 16.5. The molecule has 2 aromatic carbocycles. The van der Waals surface area contributed by atoms with Gasteiger partial charge in [-0.1, -0.05) is 36.4 Å². The van der Waals surface area contributed by atoms with Crippen LogP contribution in [0.2, 0.25) is 0 Å². The lowest BCUT2D eigenvalue weighted by Crippen LogP contribution is -2.25. The van der Waals surface area contributed by atoms with Crippen molar-refractivity contribution in [1.29, 1.82) is 0 Å². The summed E-state index contributed by atoms with van der Waals surface area (Å²) in [6.07, 6.45) is 0. The van der Waals surface area contributed by atoms with Crippen molar-refractivity contribution in [3.63, 3.8) is 0 Å². The van der Waals surface area contributed by atoms with Crippen LogP contribution in [0.4, 0.5) is 0 Å². The maximum Gasteiger partial charge on any atom is 0.216 e. The zero-order valence-electron chi connectivity index (χ0n) is 12.9. The number of aryl methyl sites for hydroxylation is 1. The number of ether oxygens (including phenoxy) is 1. The molecule has 0 atom stereocenters. The standard InChI is InChI=1S/C17H21NO3S/c1-3-21-17-10-6-8-15(11-17)12-18-22(19,20)13-16-9-5-4-7-14(16)2/h4-11,18H,3,12-13H2,1-2H3. The summed E-state index contributed by atoms with van der Waals surface area (Å²) in [6.45, 7) is 4.67. The van der Waals surface area contributed by atoms with E-state index in [0.717, 1.165) is 22.4 Å². The third kappa shape index (κ3) is 4.86. The molecule has 1 N–H and O–H groups in total. The van der Waals surface area contributed by atoms with Crippen LogP contribution in [-0.2, 0) is 22.3 Å². The molecular weight excluding hydrogens is 298 g/mol. The van der Waals surface area contributed by atoms with E-state index in [2.05, 4.69) is 4.72 Å². The molecule has 22 heavy (non-hydrogen) atoms. The van der Waals surface area contributed by atoms with E-state index in [0.29, 0.717) is 6.61 Å². The first-order chi connectivity index (χ1) is 10.5. The van der Waals surface area contributed by atoms with Crippen LogP contribution < -0.4 is 9.46 Å². The first-order valence-electron chi connectivity index (χ1n) is 7.24. The first-order valence-corrected chi connectivity index (χ1v) is 8.89. The molecular formula is C17H21NO3S. The number of hydrogen-bond acceptors (Lipinski definition) is 3. The molecule has 118 valence electrons. The Morgan fingerprint density at radius 2 is 1.86 bits per heavy atom. The highest BCUT2D eigenvalue weighted by Crippen LogP contribution is 2.14. The highest BCUT2D eigenvalue weighted by Gasteiger charge is 2.12. The normalized spacial score (nSPS) is 11.4. The summed E-state index contributed by atoms with van der Waals surface area (Å²) in [5.41, 5.74) is 2.67. The lowest BCUT2D eigenvalue weighted by atomic mass is 10.1. The van der Waals surface area contributed by atoms with Crippen LogP contribution in [0.5, 0.6) is 5.75 Å². The molecule has 0 fully saturated rings. The highest BCUT2D eigenvalue weighted by atomic mass is 32.2. The predicted molar refractivity (Wildman–Crippen MR) is 88.3 cm³/mol. The van der Waals surface area contributed by atoms with Crippen molar-refractivity contribution in [3.05, 3.63) is 65.2 Å². The molecule has 0 amide bonds. The Hall–Kier alpha value is -1.85. The molecule has 0 aliphatic carbocycles. The molecule has 0 spiro atoms. The summed E-state index contributed by atoms with van der Waals surface area (Å²) >= 11 is 0. The summed E-state index contributed by atoms with van der Waals surface area (Å²) in [6, 6.07) is 14.9. The van der Waals surface area contributed by atoms with Crippen molar-refractivity contribution in [1.82, 2.24) is 4.72 Å². The largest absolute Gasteiger partial charge is 0.494 e. The lowest BCUT2D eigenvalue weighted by molar-refractivity contribution is 0.340. The van der Waals surface area contributed by atoms with Gasteiger partial charge >= 0.3 is 0 Å². The van der Waals surface area contributed by atoms with E-state index in [1.54, 1.807) is 0 Å². The van der Waals surface area contributed by atoms with E-state index in [-0.39, 0.29) is 12.3 Å². The Morgan fingerprint density at radius 1 is 1.09 bits per heavy atom. The molecule has 0 saturated heterocycles. The molecule has 0 aliphatic heterocycles. The van der Waals surface area contributed by atoms with Gasteiger partial charge in [0.15, 0.2) is 0 Å². The minimum Gasteiger partial charge on any atom is -0.494 e. The monoisotopic (exact) mass is 319 g/mol. The SMILES string of the molecule is CCOc1cccc(CNS(=O)(=O)Cc2ccccc2C)c1. The molecule has 0 radical (unpaired) electrons. The van der Waals surface area contributed by atoms with Crippen LogP contribution in [-0.4, -0.2) is 15.0 Å². The number of hydrogen-bond donors (Lipinski definition) is 1. The molecule has 0 unspecified atom stereocenters. The van der Waals surface area contributed by atoms with Crippen LogP contribution in [0.3, 0.4) is 0 Å². The molecule has 2 rings (SSSR count). The zero-order chi connectivity index (χ0) is 16.0. The molecule has 2 aromatic rings. The van der Waals surface area contributed by atoms with Gasteiger partial charge < -0.3 is 4.74 Å². The summed E-state index contributed by atoms with van der Waals surface area (Å²) in [5.74, 6) is 0.739. The van der Waals surface area contributed by atoms with Crippen LogP contribution in [0, 0.1) is 6.92 Å².